The molecule has 0 radical (unpaired) electrons. The number of nitrogens with zero attached hydrogens (tertiary/aromatic N) is 1. The Morgan fingerprint density at radius 2 is 2.23 bits per heavy atom. The lowest BCUT2D eigenvalue weighted by atomic mass is 9.99. The van der Waals surface area contributed by atoms with Crippen LogP contribution in [0.4, 0.5) is 0 Å². The van der Waals surface area contributed by atoms with Gasteiger partial charge in [0, 0.05) is 31.0 Å². The van der Waals surface area contributed by atoms with Crippen LogP contribution in [-0.4, -0.2) is 60.4 Å². The quantitative estimate of drug-likeness (QED) is 0.307. The molecule has 1 aromatic carbocycles. The average Bonchev–Trinajstić information content (AvgIpc) is 2.70. The normalized spacial score (nSPS) is 18.0. The minimum Gasteiger partial charge on any atom is -0.464 e. The number of unbranched alkanes of at least 4 members (excludes halogenated alkanes) is 1. The summed E-state index contributed by atoms with van der Waals surface area (Å²) in [5, 5.41) is 11.0. The first-order valence-corrected chi connectivity index (χ1v) is 11.0. The molecule has 1 N–H and O–H groups in total. The van der Waals surface area contributed by atoms with Crippen molar-refractivity contribution in [1.82, 2.24) is 4.90 Å². The van der Waals surface area contributed by atoms with Crippen LogP contribution in [0.2, 0.25) is 5.02 Å². The highest BCUT2D eigenvalue weighted by atomic mass is 35.5. The van der Waals surface area contributed by atoms with Gasteiger partial charge in [-0.15, -0.1) is 0 Å². The van der Waals surface area contributed by atoms with E-state index in [9.17, 15) is 14.7 Å². The Morgan fingerprint density at radius 3 is 3.00 bits per heavy atom. The molecule has 1 heterocycles. The number of piperidine rings is 1. The smallest absolute Gasteiger partial charge is 0.332 e. The second-order valence-electron chi connectivity index (χ2n) is 7.40. The summed E-state index contributed by atoms with van der Waals surface area (Å²) in [7, 11) is 0. The average molecular weight is 438 g/mol. The van der Waals surface area contributed by atoms with Crippen molar-refractivity contribution in [2.45, 2.75) is 57.6 Å². The number of hydrogen-bond donors (Lipinski definition) is 1. The SMILES string of the molecule is CCOC(=O)COCCCCN1C(=O)CCCC1C=C[C@H](O)Cc1cccc(Cl)c1. The van der Waals surface area contributed by atoms with Crippen LogP contribution in [0, 0.1) is 0 Å². The van der Waals surface area contributed by atoms with Crippen LogP contribution < -0.4 is 0 Å². The van der Waals surface area contributed by atoms with E-state index < -0.39 is 6.10 Å². The van der Waals surface area contributed by atoms with E-state index in [0.717, 1.165) is 31.2 Å². The number of likely N-dealkylation sites (tertiary alicyclic amines) is 1. The molecule has 1 amide bonds. The highest BCUT2D eigenvalue weighted by Gasteiger charge is 2.25. The van der Waals surface area contributed by atoms with E-state index in [1.54, 1.807) is 19.1 Å². The van der Waals surface area contributed by atoms with E-state index in [1.165, 1.54) is 0 Å². The third-order valence-electron chi connectivity index (χ3n) is 4.96. The monoisotopic (exact) mass is 437 g/mol. The Hall–Kier alpha value is -1.89. The molecular weight excluding hydrogens is 406 g/mol. The molecule has 0 aromatic heterocycles. The minimum atomic E-state index is -0.626. The summed E-state index contributed by atoms with van der Waals surface area (Å²) in [6.45, 7) is 3.17. The number of benzene rings is 1. The van der Waals surface area contributed by atoms with E-state index in [4.69, 9.17) is 21.1 Å². The zero-order chi connectivity index (χ0) is 21.8. The number of amides is 1. The maximum atomic E-state index is 12.4. The van der Waals surface area contributed by atoms with Crippen LogP contribution in [0.5, 0.6) is 0 Å². The second-order valence-corrected chi connectivity index (χ2v) is 7.83. The number of halogens is 1. The maximum Gasteiger partial charge on any atom is 0.332 e. The fraction of sp³-hybridized carbons (Fsp3) is 0.565. The van der Waals surface area contributed by atoms with Crippen molar-refractivity contribution in [2.24, 2.45) is 0 Å². The van der Waals surface area contributed by atoms with Gasteiger partial charge in [0.1, 0.15) is 6.61 Å². The fourth-order valence-electron chi connectivity index (χ4n) is 3.51. The maximum absolute atomic E-state index is 12.4. The van der Waals surface area contributed by atoms with Gasteiger partial charge in [0.05, 0.1) is 18.8 Å². The summed E-state index contributed by atoms with van der Waals surface area (Å²) in [6.07, 6.45) is 7.45. The largest absolute Gasteiger partial charge is 0.464 e. The minimum absolute atomic E-state index is 0.000659. The first-order chi connectivity index (χ1) is 14.5. The second kappa shape index (κ2) is 13.4. The summed E-state index contributed by atoms with van der Waals surface area (Å²) < 4.78 is 10.1. The summed E-state index contributed by atoms with van der Waals surface area (Å²) >= 11 is 6.00. The van der Waals surface area contributed by atoms with Crippen molar-refractivity contribution in [3.63, 3.8) is 0 Å². The lowest BCUT2D eigenvalue weighted by molar-refractivity contribution is -0.148. The van der Waals surface area contributed by atoms with Gasteiger partial charge in [-0.2, -0.15) is 0 Å². The summed E-state index contributed by atoms with van der Waals surface area (Å²) in [5.74, 6) is -0.210. The Morgan fingerprint density at radius 1 is 1.40 bits per heavy atom. The van der Waals surface area contributed by atoms with Crippen molar-refractivity contribution in [3.05, 3.63) is 47.0 Å². The van der Waals surface area contributed by atoms with Crippen molar-refractivity contribution < 1.29 is 24.2 Å². The zero-order valence-corrected chi connectivity index (χ0v) is 18.4. The number of hydrogen-bond acceptors (Lipinski definition) is 5. The number of carbonyl (C=O) groups is 2. The van der Waals surface area contributed by atoms with Crippen LogP contribution in [0.15, 0.2) is 36.4 Å². The summed E-state index contributed by atoms with van der Waals surface area (Å²) in [6, 6.07) is 7.45. The van der Waals surface area contributed by atoms with Gasteiger partial charge in [-0.3, -0.25) is 4.79 Å². The van der Waals surface area contributed by atoms with Gasteiger partial charge in [-0.1, -0.05) is 35.9 Å². The summed E-state index contributed by atoms with van der Waals surface area (Å²) in [4.78, 5) is 25.5. The molecule has 2 rings (SSSR count). The van der Waals surface area contributed by atoms with Crippen LogP contribution in [0.25, 0.3) is 0 Å². The number of aliphatic hydroxyl groups is 1. The van der Waals surface area contributed by atoms with Gasteiger partial charge < -0.3 is 19.5 Å². The van der Waals surface area contributed by atoms with E-state index >= 15 is 0 Å². The number of ether oxygens (including phenoxy) is 2. The molecule has 0 aliphatic carbocycles. The standard InChI is InChI=1S/C23H32ClNO5/c1-2-30-23(28)17-29-14-4-3-13-25-20(9-6-10-22(25)27)11-12-21(26)16-18-7-5-8-19(24)15-18/h5,7-8,11-12,15,20-21,26H,2-4,6,9-10,13-14,16-17H2,1H3/t20?,21-/m0/s1. The van der Waals surface area contributed by atoms with Crippen LogP contribution in [0.1, 0.15) is 44.6 Å². The first-order valence-electron chi connectivity index (χ1n) is 10.6. The van der Waals surface area contributed by atoms with Gasteiger partial charge in [0.25, 0.3) is 0 Å². The number of carbonyl (C=O) groups excluding carboxylic acids is 2. The van der Waals surface area contributed by atoms with Crippen molar-refractivity contribution in [2.75, 3.05) is 26.4 Å². The predicted molar refractivity (Wildman–Crippen MR) is 116 cm³/mol. The summed E-state index contributed by atoms with van der Waals surface area (Å²) in [5.41, 5.74) is 0.971. The third kappa shape index (κ3) is 8.86. The van der Waals surface area contributed by atoms with Gasteiger partial charge in [0.2, 0.25) is 5.91 Å². The third-order valence-corrected chi connectivity index (χ3v) is 5.20. The van der Waals surface area contributed by atoms with E-state index in [0.29, 0.717) is 37.6 Å². The van der Waals surface area contributed by atoms with Gasteiger partial charge in [-0.25, -0.2) is 4.79 Å². The molecule has 1 aliphatic rings. The van der Waals surface area contributed by atoms with Gasteiger partial charge >= 0.3 is 5.97 Å². The molecule has 2 atom stereocenters. The Balaban J connectivity index is 1.77. The Labute approximate surface area is 183 Å². The lowest BCUT2D eigenvalue weighted by Gasteiger charge is -2.34. The topological polar surface area (TPSA) is 76.1 Å². The molecule has 1 aliphatic heterocycles. The van der Waals surface area contributed by atoms with E-state index in [1.807, 2.05) is 29.2 Å². The molecule has 30 heavy (non-hydrogen) atoms. The molecule has 1 fully saturated rings. The van der Waals surface area contributed by atoms with E-state index in [-0.39, 0.29) is 24.5 Å². The van der Waals surface area contributed by atoms with Gasteiger partial charge in [0.15, 0.2) is 0 Å². The zero-order valence-electron chi connectivity index (χ0n) is 17.6. The lowest BCUT2D eigenvalue weighted by Crippen LogP contribution is -2.43. The van der Waals surface area contributed by atoms with Crippen molar-refractivity contribution >= 4 is 23.5 Å². The number of esters is 1. The molecule has 1 unspecified atom stereocenters. The van der Waals surface area contributed by atoms with Crippen molar-refractivity contribution in [1.29, 1.82) is 0 Å². The van der Waals surface area contributed by atoms with E-state index in [2.05, 4.69) is 0 Å². The van der Waals surface area contributed by atoms with Crippen molar-refractivity contribution in [3.8, 4) is 0 Å². The molecule has 7 heteroatoms. The highest BCUT2D eigenvalue weighted by molar-refractivity contribution is 6.30. The first kappa shape index (κ1) is 24.4. The Bertz CT molecular complexity index is 709. The predicted octanol–water partition coefficient (Wildman–Crippen LogP) is 3.54. The molecule has 166 valence electrons. The molecular formula is C23H32ClNO5. The number of rotatable bonds is 12. The molecule has 0 spiro atoms. The Kier molecular flexibility index (Phi) is 10.9. The number of aliphatic hydroxyl groups excluding tert-OH is 1. The van der Waals surface area contributed by atoms with Crippen LogP contribution in [-0.2, 0) is 25.5 Å². The molecule has 0 bridgehead atoms. The fourth-order valence-corrected chi connectivity index (χ4v) is 3.72. The highest BCUT2D eigenvalue weighted by Crippen LogP contribution is 2.20. The van der Waals surface area contributed by atoms with Crippen LogP contribution in [0.3, 0.4) is 0 Å². The molecule has 6 nitrogen and oxygen atoms in total. The molecule has 0 saturated carbocycles. The van der Waals surface area contributed by atoms with Gasteiger partial charge in [-0.05, 0) is 50.3 Å². The van der Waals surface area contributed by atoms with Crippen LogP contribution >= 0.6 is 11.6 Å². The molecule has 1 saturated heterocycles. The molecule has 1 aromatic rings.